The second-order valence-electron chi connectivity index (χ2n) is 7.67. The third kappa shape index (κ3) is 3.70. The van der Waals surface area contributed by atoms with Crippen molar-refractivity contribution in [2.75, 3.05) is 18.4 Å². The predicted octanol–water partition coefficient (Wildman–Crippen LogP) is 2.69. The first kappa shape index (κ1) is 19.8. The van der Waals surface area contributed by atoms with Crippen LogP contribution in [0.15, 0.2) is 53.4 Å². The van der Waals surface area contributed by atoms with Gasteiger partial charge in [-0.2, -0.15) is 0 Å². The van der Waals surface area contributed by atoms with Crippen LogP contribution < -0.4 is 5.32 Å². The fourth-order valence-corrected chi connectivity index (χ4v) is 4.31. The van der Waals surface area contributed by atoms with Crippen LogP contribution >= 0.6 is 11.6 Å². The third-order valence-electron chi connectivity index (χ3n) is 5.76. The predicted molar refractivity (Wildman–Crippen MR) is 111 cm³/mol. The van der Waals surface area contributed by atoms with Crippen LogP contribution in [0.4, 0.5) is 5.69 Å². The molecule has 0 bridgehead atoms. The summed E-state index contributed by atoms with van der Waals surface area (Å²) in [5.74, 6) is 0.557. The third-order valence-corrected chi connectivity index (χ3v) is 6.02. The molecule has 1 aromatic carbocycles. The van der Waals surface area contributed by atoms with E-state index >= 15 is 0 Å². The number of hydrogen-bond donors (Lipinski definition) is 1. The van der Waals surface area contributed by atoms with E-state index in [4.69, 9.17) is 20.9 Å². The highest BCUT2D eigenvalue weighted by Crippen LogP contribution is 2.40. The number of piperidine rings is 1. The van der Waals surface area contributed by atoms with Gasteiger partial charge in [0.25, 0.3) is 11.8 Å². The van der Waals surface area contributed by atoms with Crippen molar-refractivity contribution in [2.45, 2.75) is 31.1 Å². The van der Waals surface area contributed by atoms with Gasteiger partial charge in [0.1, 0.15) is 11.4 Å². The first-order valence-electron chi connectivity index (χ1n) is 10.00. The van der Waals surface area contributed by atoms with Crippen molar-refractivity contribution in [3.8, 4) is 0 Å². The van der Waals surface area contributed by atoms with E-state index in [1.54, 1.807) is 41.4 Å². The average Bonchev–Trinajstić information content (AvgIpc) is 3.48. The Morgan fingerprint density at radius 1 is 1.13 bits per heavy atom. The Morgan fingerprint density at radius 2 is 1.90 bits per heavy atom. The Morgan fingerprint density at radius 3 is 2.61 bits per heavy atom. The van der Waals surface area contributed by atoms with E-state index in [2.05, 4.69) is 15.5 Å². The van der Waals surface area contributed by atoms with E-state index < -0.39 is 11.7 Å². The first-order chi connectivity index (χ1) is 15.0. The molecule has 0 aliphatic carbocycles. The second-order valence-corrected chi connectivity index (χ2v) is 8.11. The molecule has 1 atom stereocenters. The largest absolute Gasteiger partial charge is 0.352 e. The number of nitrogens with one attached hydrogen (secondary N) is 1. The van der Waals surface area contributed by atoms with Gasteiger partial charge in [-0.15, -0.1) is 0 Å². The number of aromatic nitrogens is 3. The van der Waals surface area contributed by atoms with Crippen LogP contribution in [0, 0.1) is 0 Å². The van der Waals surface area contributed by atoms with Gasteiger partial charge in [0, 0.05) is 55.1 Å². The zero-order chi connectivity index (χ0) is 21.4. The van der Waals surface area contributed by atoms with Crippen LogP contribution in [0.25, 0.3) is 0 Å². The SMILES string of the molecule is O=C(Nc1ccc(Cl)cc1)C1Cn2ccnc2C2(CCN(C(=O)c3ccno3)CC2)O1. The molecule has 1 saturated heterocycles. The molecule has 2 aliphatic rings. The maximum Gasteiger partial charge on any atom is 0.292 e. The van der Waals surface area contributed by atoms with Crippen LogP contribution in [0.1, 0.15) is 29.2 Å². The smallest absolute Gasteiger partial charge is 0.292 e. The molecule has 5 rings (SSSR count). The number of fused-ring (bicyclic) bond motifs is 2. The lowest BCUT2D eigenvalue weighted by Gasteiger charge is -2.45. The molecule has 1 fully saturated rings. The standard InChI is InChI=1S/C21H20ClN5O4/c22-14-1-3-15(4-2-14)25-18(28)17-13-27-12-9-23-20(27)21(30-17)6-10-26(11-7-21)19(29)16-5-8-24-31-16/h1-5,8-9,12,17H,6-7,10-11,13H2,(H,25,28). The number of benzene rings is 1. The Kier molecular flexibility index (Phi) is 4.99. The number of imidazole rings is 1. The van der Waals surface area contributed by atoms with Crippen LogP contribution in [0.5, 0.6) is 0 Å². The van der Waals surface area contributed by atoms with Crippen LogP contribution in [0.3, 0.4) is 0 Å². The fraction of sp³-hybridized carbons (Fsp3) is 0.333. The molecule has 2 aromatic heterocycles. The van der Waals surface area contributed by atoms with Crippen LogP contribution in [0.2, 0.25) is 5.02 Å². The van der Waals surface area contributed by atoms with Crippen molar-refractivity contribution >= 4 is 29.1 Å². The van der Waals surface area contributed by atoms with Crippen molar-refractivity contribution in [1.29, 1.82) is 0 Å². The highest BCUT2D eigenvalue weighted by Gasteiger charge is 2.47. The summed E-state index contributed by atoms with van der Waals surface area (Å²) < 4.78 is 13.3. The molecule has 10 heteroatoms. The summed E-state index contributed by atoms with van der Waals surface area (Å²) in [4.78, 5) is 31.7. The number of carbonyl (C=O) groups is 2. The summed E-state index contributed by atoms with van der Waals surface area (Å²) in [5.41, 5.74) is -0.0852. The quantitative estimate of drug-likeness (QED) is 0.670. The summed E-state index contributed by atoms with van der Waals surface area (Å²) in [5, 5.41) is 7.09. The summed E-state index contributed by atoms with van der Waals surface area (Å²) in [6.07, 6.45) is 5.38. The van der Waals surface area contributed by atoms with Crippen molar-refractivity contribution in [1.82, 2.24) is 19.6 Å². The zero-order valence-corrected chi connectivity index (χ0v) is 17.3. The number of halogens is 1. The molecule has 1 spiro atoms. The maximum absolute atomic E-state index is 13.0. The number of carbonyl (C=O) groups excluding carboxylic acids is 2. The van der Waals surface area contributed by atoms with E-state index in [1.165, 1.54) is 6.20 Å². The summed E-state index contributed by atoms with van der Waals surface area (Å²) in [6, 6.07) is 8.48. The summed E-state index contributed by atoms with van der Waals surface area (Å²) >= 11 is 5.92. The highest BCUT2D eigenvalue weighted by molar-refractivity contribution is 6.30. The van der Waals surface area contributed by atoms with Gasteiger partial charge in [-0.1, -0.05) is 16.8 Å². The minimum atomic E-state index is -0.734. The van der Waals surface area contributed by atoms with Gasteiger partial charge in [0.05, 0.1) is 12.7 Å². The van der Waals surface area contributed by atoms with Gasteiger partial charge in [0.2, 0.25) is 5.76 Å². The van der Waals surface area contributed by atoms with Gasteiger partial charge < -0.3 is 24.0 Å². The van der Waals surface area contributed by atoms with Crippen molar-refractivity contribution in [2.24, 2.45) is 0 Å². The Balaban J connectivity index is 1.32. The monoisotopic (exact) mass is 441 g/mol. The first-order valence-corrected chi connectivity index (χ1v) is 10.4. The van der Waals surface area contributed by atoms with E-state index in [0.717, 1.165) is 5.82 Å². The molecule has 9 nitrogen and oxygen atoms in total. The normalized spacial score (nSPS) is 19.8. The summed E-state index contributed by atoms with van der Waals surface area (Å²) in [7, 11) is 0. The molecular weight excluding hydrogens is 422 g/mol. The van der Waals surface area contributed by atoms with E-state index in [0.29, 0.717) is 43.2 Å². The number of ether oxygens (including phenoxy) is 1. The van der Waals surface area contributed by atoms with Gasteiger partial charge >= 0.3 is 0 Å². The molecule has 31 heavy (non-hydrogen) atoms. The van der Waals surface area contributed by atoms with Crippen LogP contribution in [-0.2, 0) is 21.7 Å². The lowest BCUT2D eigenvalue weighted by Crippen LogP contribution is -2.54. The Labute approximate surface area is 182 Å². The minimum Gasteiger partial charge on any atom is -0.352 e. The minimum absolute atomic E-state index is 0.205. The van der Waals surface area contributed by atoms with Gasteiger partial charge in [-0.3, -0.25) is 9.59 Å². The van der Waals surface area contributed by atoms with E-state index in [-0.39, 0.29) is 17.6 Å². The highest BCUT2D eigenvalue weighted by atomic mass is 35.5. The fourth-order valence-electron chi connectivity index (χ4n) is 4.18. The van der Waals surface area contributed by atoms with Gasteiger partial charge in [-0.05, 0) is 24.3 Å². The lowest BCUT2D eigenvalue weighted by atomic mass is 9.88. The topological polar surface area (TPSA) is 102 Å². The average molecular weight is 442 g/mol. The van der Waals surface area contributed by atoms with Gasteiger partial charge in [-0.25, -0.2) is 4.98 Å². The molecule has 2 aliphatic heterocycles. The van der Waals surface area contributed by atoms with Crippen molar-refractivity contribution in [3.63, 3.8) is 0 Å². The Bertz CT molecular complexity index is 1090. The summed E-state index contributed by atoms with van der Waals surface area (Å²) in [6.45, 7) is 1.28. The number of amides is 2. The zero-order valence-electron chi connectivity index (χ0n) is 16.5. The number of anilines is 1. The molecular formula is C21H20ClN5O4. The Hall–Kier alpha value is -3.17. The van der Waals surface area contributed by atoms with Gasteiger partial charge in [0.15, 0.2) is 6.10 Å². The van der Waals surface area contributed by atoms with Crippen molar-refractivity contribution < 1.29 is 18.8 Å². The van der Waals surface area contributed by atoms with Crippen LogP contribution in [-0.4, -0.2) is 50.6 Å². The number of hydrogen-bond acceptors (Lipinski definition) is 6. The molecule has 1 unspecified atom stereocenters. The number of likely N-dealkylation sites (tertiary alicyclic amines) is 1. The molecule has 1 N–H and O–H groups in total. The lowest BCUT2D eigenvalue weighted by molar-refractivity contribution is -0.168. The molecule has 4 heterocycles. The number of nitrogens with zero attached hydrogens (tertiary/aromatic N) is 4. The second kappa shape index (κ2) is 7.82. The molecule has 2 amide bonds. The van der Waals surface area contributed by atoms with Crippen molar-refractivity contribution in [3.05, 3.63) is 65.5 Å². The molecule has 3 aromatic rings. The van der Waals surface area contributed by atoms with E-state index in [9.17, 15) is 9.59 Å². The molecule has 160 valence electrons. The molecule has 0 saturated carbocycles. The van der Waals surface area contributed by atoms with E-state index in [1.807, 2.05) is 10.8 Å². The number of rotatable bonds is 3. The molecule has 0 radical (unpaired) electrons. The maximum atomic E-state index is 13.0.